The minimum atomic E-state index is 0.0931. The number of rotatable bonds is 3. The summed E-state index contributed by atoms with van der Waals surface area (Å²) in [6, 6.07) is 0.658. The summed E-state index contributed by atoms with van der Waals surface area (Å²) in [5.41, 5.74) is 1.09. The number of aliphatic hydroxyl groups excluding tert-OH is 1. The Bertz CT molecular complexity index is 286. The van der Waals surface area contributed by atoms with Crippen LogP contribution in [0.1, 0.15) is 24.6 Å². The van der Waals surface area contributed by atoms with E-state index in [1.54, 1.807) is 6.08 Å². The van der Waals surface area contributed by atoms with Crippen molar-refractivity contribution >= 4 is 6.08 Å². The predicted molar refractivity (Wildman–Crippen MR) is 46.6 cm³/mol. The van der Waals surface area contributed by atoms with E-state index < -0.39 is 0 Å². The monoisotopic (exact) mass is 164 g/mol. The highest BCUT2D eigenvalue weighted by atomic mass is 16.2. The molecule has 0 spiro atoms. The van der Waals surface area contributed by atoms with Crippen LogP contribution in [0.3, 0.4) is 0 Å². The molecule has 0 atom stereocenters. The van der Waals surface area contributed by atoms with Crippen LogP contribution in [-0.4, -0.2) is 21.3 Å². The summed E-state index contributed by atoms with van der Waals surface area (Å²) in [7, 11) is 0. The van der Waals surface area contributed by atoms with Crippen molar-refractivity contribution in [1.82, 2.24) is 9.55 Å². The summed E-state index contributed by atoms with van der Waals surface area (Å²) in [4.78, 5) is 4.07. The Hall–Kier alpha value is -1.09. The molecule has 0 radical (unpaired) electrons. The third kappa shape index (κ3) is 1.41. The fourth-order valence-electron chi connectivity index (χ4n) is 1.28. The van der Waals surface area contributed by atoms with Crippen LogP contribution in [0.15, 0.2) is 18.6 Å². The minimum absolute atomic E-state index is 0.0931. The standard InChI is InChI=1S/C9H12N2O/c12-5-1-2-9-6-10-7-11(9)8-3-4-8/h1-2,6-8,12H,3-5H2. The molecule has 0 bridgehead atoms. The van der Waals surface area contributed by atoms with Crippen LogP contribution in [0.5, 0.6) is 0 Å². The fraction of sp³-hybridized carbons (Fsp3) is 0.444. The van der Waals surface area contributed by atoms with Crippen molar-refractivity contribution in [2.24, 2.45) is 0 Å². The smallest absolute Gasteiger partial charge is 0.0953 e. The van der Waals surface area contributed by atoms with E-state index >= 15 is 0 Å². The van der Waals surface area contributed by atoms with Gasteiger partial charge in [-0.3, -0.25) is 0 Å². The van der Waals surface area contributed by atoms with Crippen LogP contribution in [0.4, 0.5) is 0 Å². The summed E-state index contributed by atoms with van der Waals surface area (Å²) in [5, 5.41) is 8.59. The van der Waals surface area contributed by atoms with Gasteiger partial charge in [-0.1, -0.05) is 6.08 Å². The van der Waals surface area contributed by atoms with Gasteiger partial charge >= 0.3 is 0 Å². The normalized spacial score (nSPS) is 17.4. The molecule has 1 N–H and O–H groups in total. The van der Waals surface area contributed by atoms with Gasteiger partial charge in [0.05, 0.1) is 24.8 Å². The van der Waals surface area contributed by atoms with E-state index in [4.69, 9.17) is 5.11 Å². The zero-order valence-corrected chi connectivity index (χ0v) is 6.85. The molecule has 2 rings (SSSR count). The number of aliphatic hydroxyl groups is 1. The highest BCUT2D eigenvalue weighted by molar-refractivity contribution is 5.44. The van der Waals surface area contributed by atoms with E-state index in [-0.39, 0.29) is 6.61 Å². The Labute approximate surface area is 71.4 Å². The number of aromatic nitrogens is 2. The van der Waals surface area contributed by atoms with E-state index in [0.717, 1.165) is 5.69 Å². The van der Waals surface area contributed by atoms with Gasteiger partial charge in [0.25, 0.3) is 0 Å². The van der Waals surface area contributed by atoms with Crippen molar-refractivity contribution in [1.29, 1.82) is 0 Å². The number of hydrogen-bond donors (Lipinski definition) is 1. The van der Waals surface area contributed by atoms with Crippen molar-refractivity contribution < 1.29 is 5.11 Å². The molecule has 0 aliphatic heterocycles. The lowest BCUT2D eigenvalue weighted by atomic mass is 10.4. The lowest BCUT2D eigenvalue weighted by Crippen LogP contribution is -1.93. The van der Waals surface area contributed by atoms with Crippen molar-refractivity contribution in [3.05, 3.63) is 24.3 Å². The summed E-state index contributed by atoms with van der Waals surface area (Å²) >= 11 is 0. The molecule has 1 aromatic heterocycles. The summed E-state index contributed by atoms with van der Waals surface area (Å²) < 4.78 is 2.16. The summed E-state index contributed by atoms with van der Waals surface area (Å²) in [5.74, 6) is 0. The van der Waals surface area contributed by atoms with Gasteiger partial charge in [0.1, 0.15) is 0 Å². The quantitative estimate of drug-likeness (QED) is 0.729. The van der Waals surface area contributed by atoms with Crippen LogP contribution in [-0.2, 0) is 0 Å². The number of imidazole rings is 1. The molecule has 64 valence electrons. The maximum absolute atomic E-state index is 8.59. The Morgan fingerprint density at radius 2 is 2.50 bits per heavy atom. The fourth-order valence-corrected chi connectivity index (χ4v) is 1.28. The highest BCUT2D eigenvalue weighted by Gasteiger charge is 2.24. The average molecular weight is 164 g/mol. The second-order valence-electron chi connectivity index (χ2n) is 3.04. The van der Waals surface area contributed by atoms with Crippen molar-refractivity contribution in [3.63, 3.8) is 0 Å². The van der Waals surface area contributed by atoms with Crippen LogP contribution >= 0.6 is 0 Å². The van der Waals surface area contributed by atoms with Gasteiger partial charge in [0, 0.05) is 6.04 Å². The molecule has 1 saturated carbocycles. The first-order valence-corrected chi connectivity index (χ1v) is 4.21. The molecule has 3 nitrogen and oxygen atoms in total. The van der Waals surface area contributed by atoms with E-state index in [1.807, 2.05) is 18.6 Å². The van der Waals surface area contributed by atoms with E-state index in [9.17, 15) is 0 Å². The lowest BCUT2D eigenvalue weighted by molar-refractivity contribution is 0.343. The average Bonchev–Trinajstić information content (AvgIpc) is 2.83. The highest BCUT2D eigenvalue weighted by Crippen LogP contribution is 2.35. The molecular formula is C9H12N2O. The first-order valence-electron chi connectivity index (χ1n) is 4.21. The molecule has 0 aromatic carbocycles. The van der Waals surface area contributed by atoms with Gasteiger partial charge in [-0.2, -0.15) is 0 Å². The first kappa shape index (κ1) is 7.55. The SMILES string of the molecule is OCC=Cc1cncn1C1CC1. The Morgan fingerprint density at radius 1 is 1.67 bits per heavy atom. The summed E-state index contributed by atoms with van der Waals surface area (Å²) in [6.07, 6.45) is 9.84. The van der Waals surface area contributed by atoms with Gasteiger partial charge in [-0.25, -0.2) is 4.98 Å². The molecule has 12 heavy (non-hydrogen) atoms. The number of hydrogen-bond acceptors (Lipinski definition) is 2. The van der Waals surface area contributed by atoms with E-state index in [2.05, 4.69) is 9.55 Å². The minimum Gasteiger partial charge on any atom is -0.392 e. The van der Waals surface area contributed by atoms with Gasteiger partial charge in [-0.05, 0) is 18.9 Å². The van der Waals surface area contributed by atoms with Crippen LogP contribution in [0.2, 0.25) is 0 Å². The number of nitrogens with zero attached hydrogens (tertiary/aromatic N) is 2. The Balaban J connectivity index is 2.18. The second-order valence-corrected chi connectivity index (χ2v) is 3.04. The van der Waals surface area contributed by atoms with Gasteiger partial charge < -0.3 is 9.67 Å². The van der Waals surface area contributed by atoms with Gasteiger partial charge in [0.2, 0.25) is 0 Å². The molecule has 1 fully saturated rings. The topological polar surface area (TPSA) is 38.1 Å². The molecule has 1 aromatic rings. The van der Waals surface area contributed by atoms with Crippen LogP contribution in [0, 0.1) is 0 Å². The van der Waals surface area contributed by atoms with Crippen LogP contribution in [0.25, 0.3) is 6.08 Å². The molecule has 1 aliphatic carbocycles. The molecule has 0 unspecified atom stereocenters. The lowest BCUT2D eigenvalue weighted by Gasteiger charge is -2.00. The van der Waals surface area contributed by atoms with Crippen molar-refractivity contribution in [2.75, 3.05) is 6.61 Å². The molecule has 1 aliphatic rings. The van der Waals surface area contributed by atoms with E-state index in [1.165, 1.54) is 12.8 Å². The Kier molecular flexibility index (Phi) is 1.96. The van der Waals surface area contributed by atoms with Crippen molar-refractivity contribution in [2.45, 2.75) is 18.9 Å². The Morgan fingerprint density at radius 3 is 3.17 bits per heavy atom. The van der Waals surface area contributed by atoms with Crippen LogP contribution < -0.4 is 0 Å². The third-order valence-electron chi connectivity index (χ3n) is 2.03. The van der Waals surface area contributed by atoms with Crippen molar-refractivity contribution in [3.8, 4) is 0 Å². The summed E-state index contributed by atoms with van der Waals surface area (Å²) in [6.45, 7) is 0.0931. The molecule has 3 heteroatoms. The zero-order chi connectivity index (χ0) is 8.39. The largest absolute Gasteiger partial charge is 0.392 e. The van der Waals surface area contributed by atoms with Gasteiger partial charge in [-0.15, -0.1) is 0 Å². The molecule has 1 heterocycles. The molecular weight excluding hydrogens is 152 g/mol. The predicted octanol–water partition coefficient (Wildman–Crippen LogP) is 1.22. The second kappa shape index (κ2) is 3.11. The molecule has 0 saturated heterocycles. The first-order chi connectivity index (χ1) is 5.92. The maximum atomic E-state index is 8.59. The molecule has 0 amide bonds. The zero-order valence-electron chi connectivity index (χ0n) is 6.85. The maximum Gasteiger partial charge on any atom is 0.0953 e. The third-order valence-corrected chi connectivity index (χ3v) is 2.03. The van der Waals surface area contributed by atoms with E-state index in [0.29, 0.717) is 6.04 Å². The van der Waals surface area contributed by atoms with Gasteiger partial charge in [0.15, 0.2) is 0 Å².